The third-order valence-electron chi connectivity index (χ3n) is 2.44. The molecule has 0 bridgehead atoms. The molecule has 1 heterocycles. The van der Waals surface area contributed by atoms with Crippen LogP contribution in [0.15, 0.2) is 22.7 Å². The van der Waals surface area contributed by atoms with Crippen molar-refractivity contribution < 1.29 is 4.79 Å². The highest BCUT2D eigenvalue weighted by atomic mass is 79.9. The van der Waals surface area contributed by atoms with Gasteiger partial charge in [-0.15, -0.1) is 0 Å². The molecule has 0 unspecified atom stereocenters. The Morgan fingerprint density at radius 3 is 2.71 bits per heavy atom. The van der Waals surface area contributed by atoms with Gasteiger partial charge in [-0.3, -0.25) is 4.79 Å². The number of halogens is 1. The van der Waals surface area contributed by atoms with Gasteiger partial charge in [-0.05, 0) is 30.7 Å². The topological polar surface area (TPSA) is 22.0 Å². The number of carbonyl (C=O) groups is 1. The van der Waals surface area contributed by atoms with Crippen molar-refractivity contribution in [3.63, 3.8) is 0 Å². The Morgan fingerprint density at radius 2 is 2.07 bits per heavy atom. The third kappa shape index (κ3) is 1.28. The molecule has 0 amide bonds. The molecule has 2 rings (SSSR count). The smallest absolute Gasteiger partial charge is 0.166 e. The summed E-state index contributed by atoms with van der Waals surface area (Å²) < 4.78 is 2.97. The largest absolute Gasteiger partial charge is 0.341 e. The fourth-order valence-electron chi connectivity index (χ4n) is 1.83. The molecule has 72 valence electrons. The third-order valence-corrected chi connectivity index (χ3v) is 2.90. The van der Waals surface area contributed by atoms with Crippen molar-refractivity contribution in [2.45, 2.75) is 6.92 Å². The highest BCUT2D eigenvalue weighted by molar-refractivity contribution is 9.10. The minimum Gasteiger partial charge on any atom is -0.341 e. The summed E-state index contributed by atoms with van der Waals surface area (Å²) in [7, 11) is 1.91. The van der Waals surface area contributed by atoms with Gasteiger partial charge in [0.05, 0.1) is 11.2 Å². The molecule has 3 heteroatoms. The molecule has 0 aliphatic heterocycles. The predicted molar refractivity (Wildman–Crippen MR) is 60.7 cm³/mol. The minimum atomic E-state index is 0.709. The van der Waals surface area contributed by atoms with Gasteiger partial charge in [0.15, 0.2) is 6.29 Å². The molecule has 0 aliphatic rings. The second-order valence-electron chi connectivity index (χ2n) is 3.41. The Hall–Kier alpha value is -1.09. The van der Waals surface area contributed by atoms with Crippen molar-refractivity contribution in [2.24, 2.45) is 7.05 Å². The second kappa shape index (κ2) is 3.24. The summed E-state index contributed by atoms with van der Waals surface area (Å²) in [6, 6.07) is 5.98. The van der Waals surface area contributed by atoms with Crippen molar-refractivity contribution in [1.29, 1.82) is 0 Å². The number of fused-ring (bicyclic) bond motifs is 1. The highest BCUT2D eigenvalue weighted by Crippen LogP contribution is 2.25. The maximum atomic E-state index is 10.8. The first kappa shape index (κ1) is 9.46. The van der Waals surface area contributed by atoms with Crippen LogP contribution in [0.1, 0.15) is 16.1 Å². The van der Waals surface area contributed by atoms with Gasteiger partial charge in [0.2, 0.25) is 0 Å². The number of nitrogens with zero attached hydrogens (tertiary/aromatic N) is 1. The molecule has 2 aromatic rings. The van der Waals surface area contributed by atoms with Crippen molar-refractivity contribution in [1.82, 2.24) is 4.57 Å². The van der Waals surface area contributed by atoms with Crippen molar-refractivity contribution >= 4 is 33.1 Å². The first-order chi connectivity index (χ1) is 6.63. The van der Waals surface area contributed by atoms with Crippen LogP contribution in [0.25, 0.3) is 10.9 Å². The number of hydrogen-bond donors (Lipinski definition) is 0. The van der Waals surface area contributed by atoms with Gasteiger partial charge in [-0.2, -0.15) is 0 Å². The number of benzene rings is 1. The molecule has 0 saturated heterocycles. The summed E-state index contributed by atoms with van der Waals surface area (Å²) in [4.78, 5) is 10.8. The Balaban J connectivity index is 2.92. The van der Waals surface area contributed by atoms with E-state index in [0.29, 0.717) is 5.69 Å². The van der Waals surface area contributed by atoms with Gasteiger partial charge >= 0.3 is 0 Å². The van der Waals surface area contributed by atoms with Crippen LogP contribution < -0.4 is 0 Å². The Bertz CT molecular complexity index is 513. The molecule has 0 radical (unpaired) electrons. The lowest BCUT2D eigenvalue weighted by Crippen LogP contribution is -1.94. The monoisotopic (exact) mass is 251 g/mol. The molecular weight excluding hydrogens is 242 g/mol. The predicted octanol–water partition coefficient (Wildman–Crippen LogP) is 3.06. The van der Waals surface area contributed by atoms with E-state index < -0.39 is 0 Å². The Kier molecular flexibility index (Phi) is 2.19. The van der Waals surface area contributed by atoms with E-state index in [0.717, 1.165) is 21.7 Å². The summed E-state index contributed by atoms with van der Waals surface area (Å²) in [5.74, 6) is 0. The van der Waals surface area contributed by atoms with E-state index in [9.17, 15) is 4.79 Å². The van der Waals surface area contributed by atoms with E-state index in [2.05, 4.69) is 22.0 Å². The van der Waals surface area contributed by atoms with E-state index in [-0.39, 0.29) is 0 Å². The van der Waals surface area contributed by atoms with Gasteiger partial charge in [-0.25, -0.2) is 0 Å². The molecule has 14 heavy (non-hydrogen) atoms. The van der Waals surface area contributed by atoms with Crippen molar-refractivity contribution in [3.05, 3.63) is 33.9 Å². The van der Waals surface area contributed by atoms with Gasteiger partial charge < -0.3 is 4.57 Å². The van der Waals surface area contributed by atoms with E-state index in [1.165, 1.54) is 5.56 Å². The van der Waals surface area contributed by atoms with Gasteiger partial charge in [0, 0.05) is 16.9 Å². The number of aryl methyl sites for hydroxylation is 2. The lowest BCUT2D eigenvalue weighted by Gasteiger charge is -2.02. The van der Waals surface area contributed by atoms with E-state index in [4.69, 9.17) is 0 Å². The molecular formula is C11H10BrNO. The molecule has 0 N–H and O–H groups in total. The zero-order valence-electron chi connectivity index (χ0n) is 8.04. The molecule has 1 aromatic heterocycles. The number of rotatable bonds is 1. The van der Waals surface area contributed by atoms with Gasteiger partial charge in [0.25, 0.3) is 0 Å². The average Bonchev–Trinajstić information content (AvgIpc) is 2.42. The van der Waals surface area contributed by atoms with E-state index in [1.807, 2.05) is 30.7 Å². The average molecular weight is 252 g/mol. The first-order valence-corrected chi connectivity index (χ1v) is 5.13. The SMILES string of the molecule is Cc1cc(Br)cc2cc(C=O)n(C)c12. The number of aldehydes is 1. The van der Waals surface area contributed by atoms with E-state index >= 15 is 0 Å². The lowest BCUT2D eigenvalue weighted by atomic mass is 10.2. The normalized spacial score (nSPS) is 10.8. The van der Waals surface area contributed by atoms with Gasteiger partial charge in [-0.1, -0.05) is 15.9 Å². The van der Waals surface area contributed by atoms with Crippen molar-refractivity contribution in [2.75, 3.05) is 0 Å². The Morgan fingerprint density at radius 1 is 1.36 bits per heavy atom. The maximum absolute atomic E-state index is 10.8. The highest BCUT2D eigenvalue weighted by Gasteiger charge is 2.07. The summed E-state index contributed by atoms with van der Waals surface area (Å²) in [5.41, 5.74) is 3.00. The summed E-state index contributed by atoms with van der Waals surface area (Å²) >= 11 is 3.44. The quantitative estimate of drug-likeness (QED) is 0.715. The Labute approximate surface area is 90.7 Å². The van der Waals surface area contributed by atoms with Crippen LogP contribution in [-0.4, -0.2) is 10.9 Å². The summed E-state index contributed by atoms with van der Waals surface area (Å²) in [6.45, 7) is 2.04. The van der Waals surface area contributed by atoms with Crippen LogP contribution in [0.5, 0.6) is 0 Å². The summed E-state index contributed by atoms with van der Waals surface area (Å²) in [5, 5.41) is 1.10. The van der Waals surface area contributed by atoms with E-state index in [1.54, 1.807) is 0 Å². The van der Waals surface area contributed by atoms with Crippen LogP contribution >= 0.6 is 15.9 Å². The number of aromatic nitrogens is 1. The number of hydrogen-bond acceptors (Lipinski definition) is 1. The van der Waals surface area contributed by atoms with Crippen LogP contribution in [-0.2, 0) is 7.05 Å². The molecule has 0 fully saturated rings. The molecule has 1 aromatic carbocycles. The molecule has 0 aliphatic carbocycles. The zero-order valence-corrected chi connectivity index (χ0v) is 9.63. The number of carbonyl (C=O) groups excluding carboxylic acids is 1. The fraction of sp³-hybridized carbons (Fsp3) is 0.182. The van der Waals surface area contributed by atoms with Crippen LogP contribution in [0.2, 0.25) is 0 Å². The molecule has 2 nitrogen and oxygen atoms in total. The zero-order chi connectivity index (χ0) is 10.3. The second-order valence-corrected chi connectivity index (χ2v) is 4.32. The van der Waals surface area contributed by atoms with Crippen LogP contribution in [0.3, 0.4) is 0 Å². The standard InChI is InChI=1S/C11H10BrNO/c1-7-3-9(12)4-8-5-10(6-14)13(2)11(7)8/h3-6H,1-2H3. The van der Waals surface area contributed by atoms with Crippen molar-refractivity contribution in [3.8, 4) is 0 Å². The summed E-state index contributed by atoms with van der Waals surface area (Å²) in [6.07, 6.45) is 0.882. The molecule has 0 saturated carbocycles. The first-order valence-electron chi connectivity index (χ1n) is 4.34. The van der Waals surface area contributed by atoms with Gasteiger partial charge in [0.1, 0.15) is 0 Å². The minimum absolute atomic E-state index is 0.709. The maximum Gasteiger partial charge on any atom is 0.166 e. The lowest BCUT2D eigenvalue weighted by molar-refractivity contribution is 0.111. The molecule has 0 spiro atoms. The van der Waals surface area contributed by atoms with Crippen LogP contribution in [0, 0.1) is 6.92 Å². The van der Waals surface area contributed by atoms with Crippen LogP contribution in [0.4, 0.5) is 0 Å². The fourth-order valence-corrected chi connectivity index (χ4v) is 2.42. The molecule has 0 atom stereocenters.